The van der Waals surface area contributed by atoms with Gasteiger partial charge < -0.3 is 10.1 Å². The van der Waals surface area contributed by atoms with Gasteiger partial charge in [0.05, 0.1) is 6.61 Å². The molecular weight excluding hydrogens is 238 g/mol. The zero-order valence-electron chi connectivity index (χ0n) is 10.3. The number of rotatable bonds is 6. The second-order valence-corrected chi connectivity index (χ2v) is 4.22. The molecule has 0 aliphatic rings. The predicted octanol–water partition coefficient (Wildman–Crippen LogP) is 2.94. The lowest BCUT2D eigenvalue weighted by atomic mass is 10.2. The molecule has 1 aromatic carbocycles. The van der Waals surface area contributed by atoms with Crippen molar-refractivity contribution < 1.29 is 9.53 Å². The van der Waals surface area contributed by atoms with E-state index in [1.807, 2.05) is 32.0 Å². The lowest BCUT2D eigenvalue weighted by molar-refractivity contribution is -0.121. The van der Waals surface area contributed by atoms with Crippen LogP contribution < -0.4 is 10.1 Å². The summed E-state index contributed by atoms with van der Waals surface area (Å²) in [4.78, 5) is 11.2. The number of amides is 1. The van der Waals surface area contributed by atoms with Gasteiger partial charge in [-0.2, -0.15) is 0 Å². The van der Waals surface area contributed by atoms with Gasteiger partial charge >= 0.3 is 0 Å². The Labute approximate surface area is 107 Å². The van der Waals surface area contributed by atoms with E-state index in [0.29, 0.717) is 26.0 Å². The molecule has 0 spiro atoms. The van der Waals surface area contributed by atoms with Gasteiger partial charge in [0, 0.05) is 18.0 Å². The second kappa shape index (κ2) is 7.17. The summed E-state index contributed by atoms with van der Waals surface area (Å²) in [5.41, 5.74) is 0.993. The van der Waals surface area contributed by atoms with E-state index in [9.17, 15) is 4.79 Å². The van der Waals surface area contributed by atoms with Crippen molar-refractivity contribution in [3.63, 3.8) is 0 Å². The lowest BCUT2D eigenvalue weighted by Gasteiger charge is -2.07. The molecule has 17 heavy (non-hydrogen) atoms. The van der Waals surface area contributed by atoms with Crippen LogP contribution in [0.1, 0.15) is 25.3 Å². The van der Waals surface area contributed by atoms with E-state index in [-0.39, 0.29) is 5.91 Å². The summed E-state index contributed by atoms with van der Waals surface area (Å²) >= 11 is 5.91. The average molecular weight is 256 g/mol. The molecule has 94 valence electrons. The fourth-order valence-corrected chi connectivity index (χ4v) is 1.53. The van der Waals surface area contributed by atoms with Crippen LogP contribution in [0.25, 0.3) is 0 Å². The molecule has 0 aliphatic carbocycles. The summed E-state index contributed by atoms with van der Waals surface area (Å²) in [5, 5.41) is 3.48. The van der Waals surface area contributed by atoms with Crippen molar-refractivity contribution >= 4 is 17.5 Å². The monoisotopic (exact) mass is 255 g/mol. The van der Waals surface area contributed by atoms with Crippen molar-refractivity contribution in [1.29, 1.82) is 0 Å². The Bertz CT molecular complexity index is 380. The highest BCUT2D eigenvalue weighted by Crippen LogP contribution is 2.21. The Hall–Kier alpha value is -1.22. The Morgan fingerprint density at radius 2 is 2.24 bits per heavy atom. The molecule has 0 fully saturated rings. The van der Waals surface area contributed by atoms with Gasteiger partial charge in [-0.1, -0.05) is 11.6 Å². The molecular formula is C13H18ClNO2. The largest absolute Gasteiger partial charge is 0.494 e. The first-order valence-corrected chi connectivity index (χ1v) is 6.17. The Morgan fingerprint density at radius 3 is 2.88 bits per heavy atom. The van der Waals surface area contributed by atoms with E-state index in [4.69, 9.17) is 16.3 Å². The summed E-state index contributed by atoms with van der Waals surface area (Å²) < 4.78 is 5.53. The van der Waals surface area contributed by atoms with Gasteiger partial charge in [-0.15, -0.1) is 0 Å². The van der Waals surface area contributed by atoms with Gasteiger partial charge in [0.1, 0.15) is 5.75 Å². The van der Waals surface area contributed by atoms with Crippen LogP contribution in [0, 0.1) is 6.92 Å². The molecule has 0 radical (unpaired) electrons. The zero-order valence-corrected chi connectivity index (χ0v) is 11.0. The molecule has 1 amide bonds. The number of aryl methyl sites for hydroxylation is 1. The predicted molar refractivity (Wildman–Crippen MR) is 69.6 cm³/mol. The van der Waals surface area contributed by atoms with Crippen molar-refractivity contribution in [2.45, 2.75) is 26.7 Å². The van der Waals surface area contributed by atoms with Crippen LogP contribution in [-0.4, -0.2) is 19.1 Å². The number of hydrogen-bond donors (Lipinski definition) is 1. The number of carbonyl (C=O) groups is 1. The topological polar surface area (TPSA) is 38.3 Å². The van der Waals surface area contributed by atoms with Crippen molar-refractivity contribution in [3.8, 4) is 5.75 Å². The third-order valence-corrected chi connectivity index (χ3v) is 2.74. The maximum Gasteiger partial charge on any atom is 0.220 e. The molecule has 4 heteroatoms. The van der Waals surface area contributed by atoms with Gasteiger partial charge in [-0.05, 0) is 44.0 Å². The van der Waals surface area contributed by atoms with Gasteiger partial charge in [0.15, 0.2) is 0 Å². The molecule has 1 N–H and O–H groups in total. The summed E-state index contributed by atoms with van der Waals surface area (Å²) in [6, 6.07) is 5.55. The first-order chi connectivity index (χ1) is 8.13. The minimum atomic E-state index is 0.0726. The summed E-state index contributed by atoms with van der Waals surface area (Å²) in [6.07, 6.45) is 1.22. The van der Waals surface area contributed by atoms with Gasteiger partial charge in [0.25, 0.3) is 0 Å². The van der Waals surface area contributed by atoms with Gasteiger partial charge in [-0.3, -0.25) is 4.79 Å². The molecule has 0 aliphatic heterocycles. The molecule has 0 saturated heterocycles. The molecule has 1 rings (SSSR count). The third-order valence-electron chi connectivity index (χ3n) is 2.32. The minimum Gasteiger partial charge on any atom is -0.494 e. The normalized spacial score (nSPS) is 10.1. The smallest absolute Gasteiger partial charge is 0.220 e. The molecule has 0 bridgehead atoms. The standard InChI is InChI=1S/C13H18ClNO2/c1-3-15-13(16)5-4-8-17-11-6-7-12(14)10(2)9-11/h6-7,9H,3-5,8H2,1-2H3,(H,15,16). The maximum absolute atomic E-state index is 11.2. The third kappa shape index (κ3) is 5.09. The summed E-state index contributed by atoms with van der Waals surface area (Å²) in [7, 11) is 0. The molecule has 0 unspecified atom stereocenters. The number of carbonyl (C=O) groups excluding carboxylic acids is 1. The fourth-order valence-electron chi connectivity index (χ4n) is 1.42. The van der Waals surface area contributed by atoms with Crippen molar-refractivity contribution in [2.75, 3.05) is 13.2 Å². The number of hydrogen-bond acceptors (Lipinski definition) is 2. The lowest BCUT2D eigenvalue weighted by Crippen LogP contribution is -2.22. The number of ether oxygens (including phenoxy) is 1. The Kier molecular flexibility index (Phi) is 5.84. The highest BCUT2D eigenvalue weighted by Gasteiger charge is 2.01. The Balaban J connectivity index is 2.26. The van der Waals surface area contributed by atoms with Crippen LogP contribution in [0.4, 0.5) is 0 Å². The molecule has 3 nitrogen and oxygen atoms in total. The van der Waals surface area contributed by atoms with Gasteiger partial charge in [-0.25, -0.2) is 0 Å². The van der Waals surface area contributed by atoms with Crippen LogP contribution in [0.15, 0.2) is 18.2 Å². The van der Waals surface area contributed by atoms with Crippen LogP contribution in [0.3, 0.4) is 0 Å². The molecule has 0 aromatic heterocycles. The van der Waals surface area contributed by atoms with Crippen molar-refractivity contribution in [2.24, 2.45) is 0 Å². The highest BCUT2D eigenvalue weighted by molar-refractivity contribution is 6.31. The second-order valence-electron chi connectivity index (χ2n) is 3.82. The molecule has 0 saturated carbocycles. The average Bonchev–Trinajstić information content (AvgIpc) is 2.29. The Morgan fingerprint density at radius 1 is 1.47 bits per heavy atom. The molecule has 0 atom stereocenters. The van der Waals surface area contributed by atoms with Crippen LogP contribution in [0.2, 0.25) is 5.02 Å². The van der Waals surface area contributed by atoms with Crippen LogP contribution in [-0.2, 0) is 4.79 Å². The number of benzene rings is 1. The zero-order chi connectivity index (χ0) is 12.7. The quantitative estimate of drug-likeness (QED) is 0.794. The first kappa shape index (κ1) is 13.8. The van der Waals surface area contributed by atoms with E-state index < -0.39 is 0 Å². The van der Waals surface area contributed by atoms with Crippen LogP contribution in [0.5, 0.6) is 5.75 Å². The molecule has 1 aromatic rings. The van der Waals surface area contributed by atoms with Crippen LogP contribution >= 0.6 is 11.6 Å². The number of halogens is 1. The first-order valence-electron chi connectivity index (χ1n) is 5.79. The maximum atomic E-state index is 11.2. The summed E-state index contributed by atoms with van der Waals surface area (Å²) in [6.45, 7) is 5.06. The molecule has 0 heterocycles. The van der Waals surface area contributed by atoms with Crippen molar-refractivity contribution in [3.05, 3.63) is 28.8 Å². The van der Waals surface area contributed by atoms with E-state index in [0.717, 1.165) is 16.3 Å². The number of nitrogens with one attached hydrogen (secondary N) is 1. The van der Waals surface area contributed by atoms with E-state index in [1.165, 1.54) is 0 Å². The SMILES string of the molecule is CCNC(=O)CCCOc1ccc(Cl)c(C)c1. The van der Waals surface area contributed by atoms with E-state index in [1.54, 1.807) is 0 Å². The minimum absolute atomic E-state index is 0.0726. The highest BCUT2D eigenvalue weighted by atomic mass is 35.5. The van der Waals surface area contributed by atoms with Crippen molar-refractivity contribution in [1.82, 2.24) is 5.32 Å². The van der Waals surface area contributed by atoms with Gasteiger partial charge in [0.2, 0.25) is 5.91 Å². The fraction of sp³-hybridized carbons (Fsp3) is 0.462. The summed E-state index contributed by atoms with van der Waals surface area (Å²) in [5.74, 6) is 0.867. The van der Waals surface area contributed by atoms with E-state index >= 15 is 0 Å². The van der Waals surface area contributed by atoms with E-state index in [2.05, 4.69) is 5.32 Å².